The zero-order valence-electron chi connectivity index (χ0n) is 15.3. The fraction of sp³-hybridized carbons (Fsp3) is 0.474. The molecule has 2 rings (SSSR count). The van der Waals surface area contributed by atoms with E-state index in [0.717, 1.165) is 10.5 Å². The summed E-state index contributed by atoms with van der Waals surface area (Å²) >= 11 is 0. The maximum atomic E-state index is 12.3. The molecule has 0 saturated carbocycles. The zero-order chi connectivity index (χ0) is 19.3. The van der Waals surface area contributed by atoms with Crippen LogP contribution in [0.3, 0.4) is 0 Å². The Kier molecular flexibility index (Phi) is 6.49. The summed E-state index contributed by atoms with van der Waals surface area (Å²) in [6.07, 6.45) is 0.959. The third-order valence-electron chi connectivity index (χ3n) is 4.23. The van der Waals surface area contributed by atoms with Crippen LogP contribution in [0.5, 0.6) is 0 Å². The first-order valence-electron chi connectivity index (χ1n) is 8.67. The van der Waals surface area contributed by atoms with E-state index in [-0.39, 0.29) is 17.7 Å². The molecular formula is C19H24N2O5. The molecule has 1 aromatic carbocycles. The third-order valence-corrected chi connectivity index (χ3v) is 4.23. The van der Waals surface area contributed by atoms with Crippen molar-refractivity contribution in [2.75, 3.05) is 13.2 Å². The van der Waals surface area contributed by atoms with Crippen LogP contribution in [0.25, 0.3) is 0 Å². The van der Waals surface area contributed by atoms with E-state index in [0.29, 0.717) is 24.9 Å². The summed E-state index contributed by atoms with van der Waals surface area (Å²) in [5.41, 5.74) is 1.46. The number of carbonyl (C=O) groups excluding carboxylic acids is 4. The van der Waals surface area contributed by atoms with Crippen molar-refractivity contribution >= 4 is 23.7 Å². The van der Waals surface area contributed by atoms with Gasteiger partial charge in [-0.2, -0.15) is 0 Å². The summed E-state index contributed by atoms with van der Waals surface area (Å²) in [7, 11) is 0. The number of nitrogens with one attached hydrogen (secondary N) is 1. The number of imide groups is 1. The van der Waals surface area contributed by atoms with E-state index in [1.165, 1.54) is 0 Å². The van der Waals surface area contributed by atoms with Gasteiger partial charge in [0.25, 0.3) is 11.8 Å². The summed E-state index contributed by atoms with van der Waals surface area (Å²) in [4.78, 5) is 49.2. The lowest BCUT2D eigenvalue weighted by Gasteiger charge is -2.21. The summed E-state index contributed by atoms with van der Waals surface area (Å²) in [5, 5.41) is 2.65. The molecule has 1 aliphatic rings. The first kappa shape index (κ1) is 19.6. The van der Waals surface area contributed by atoms with E-state index < -0.39 is 24.5 Å². The zero-order valence-corrected chi connectivity index (χ0v) is 15.3. The number of amides is 3. The van der Waals surface area contributed by atoms with Crippen molar-refractivity contribution < 1.29 is 23.9 Å². The molecule has 1 aliphatic heterocycles. The van der Waals surface area contributed by atoms with Crippen LogP contribution < -0.4 is 5.32 Å². The lowest BCUT2D eigenvalue weighted by atomic mass is 10.0. The van der Waals surface area contributed by atoms with E-state index in [1.54, 1.807) is 26.0 Å². The maximum Gasteiger partial charge on any atom is 0.329 e. The first-order chi connectivity index (χ1) is 12.3. The van der Waals surface area contributed by atoms with Gasteiger partial charge in [-0.15, -0.1) is 0 Å². The Morgan fingerprint density at radius 1 is 1.19 bits per heavy atom. The van der Waals surface area contributed by atoms with Gasteiger partial charge in [0.05, 0.1) is 0 Å². The standard InChI is InChI=1S/C19H24N2O5/c1-12(2)17(20-18(24)14-8-6-13(3)7-9-14)19(25)26-11-16(23)21-10-4-5-15(21)22/h6-9,12,17H,4-5,10-11H2,1-3H3,(H,20,24)/t17-/m1/s1. The molecule has 1 N–H and O–H groups in total. The summed E-state index contributed by atoms with van der Waals surface area (Å²) in [6, 6.07) is 6.09. The van der Waals surface area contributed by atoms with Crippen molar-refractivity contribution in [3.63, 3.8) is 0 Å². The Hall–Kier alpha value is -2.70. The molecule has 0 bridgehead atoms. The molecule has 1 aromatic rings. The molecule has 0 radical (unpaired) electrons. The highest BCUT2D eigenvalue weighted by atomic mass is 16.5. The van der Waals surface area contributed by atoms with E-state index in [1.807, 2.05) is 19.1 Å². The number of aryl methyl sites for hydroxylation is 1. The molecule has 0 aromatic heterocycles. The number of hydrogen-bond acceptors (Lipinski definition) is 5. The number of likely N-dealkylation sites (tertiary alicyclic amines) is 1. The van der Waals surface area contributed by atoms with Gasteiger partial charge in [-0.1, -0.05) is 31.5 Å². The molecule has 1 heterocycles. The average Bonchev–Trinajstić information content (AvgIpc) is 3.03. The van der Waals surface area contributed by atoms with E-state index in [9.17, 15) is 19.2 Å². The SMILES string of the molecule is Cc1ccc(C(=O)N[C@@H](C(=O)OCC(=O)N2CCCC2=O)C(C)C)cc1. The second-order valence-electron chi connectivity index (χ2n) is 6.71. The van der Waals surface area contributed by atoms with Crippen LogP contribution in [-0.2, 0) is 19.1 Å². The Bertz CT molecular complexity index is 696. The molecular weight excluding hydrogens is 336 g/mol. The Labute approximate surface area is 152 Å². The van der Waals surface area contributed by atoms with Crippen molar-refractivity contribution in [2.24, 2.45) is 5.92 Å². The lowest BCUT2D eigenvalue weighted by Crippen LogP contribution is -2.46. The van der Waals surface area contributed by atoms with Gasteiger partial charge >= 0.3 is 5.97 Å². The second kappa shape index (κ2) is 8.60. The third kappa shape index (κ3) is 4.91. The number of rotatable bonds is 6. The van der Waals surface area contributed by atoms with Crippen LogP contribution in [0.15, 0.2) is 24.3 Å². The molecule has 140 valence electrons. The van der Waals surface area contributed by atoms with Gasteiger partial charge in [0.15, 0.2) is 6.61 Å². The minimum atomic E-state index is -0.883. The molecule has 1 fully saturated rings. The smallest absolute Gasteiger partial charge is 0.329 e. The minimum Gasteiger partial charge on any atom is -0.454 e. The number of hydrogen-bond donors (Lipinski definition) is 1. The van der Waals surface area contributed by atoms with Crippen LogP contribution in [0.2, 0.25) is 0 Å². The second-order valence-corrected chi connectivity index (χ2v) is 6.71. The number of ether oxygens (including phenoxy) is 1. The molecule has 3 amide bonds. The van der Waals surface area contributed by atoms with Gasteiger partial charge in [0, 0.05) is 18.5 Å². The monoisotopic (exact) mass is 360 g/mol. The van der Waals surface area contributed by atoms with Crippen molar-refractivity contribution in [2.45, 2.75) is 39.7 Å². The lowest BCUT2D eigenvalue weighted by molar-refractivity contribution is -0.156. The normalized spacial score (nSPS) is 15.1. The van der Waals surface area contributed by atoms with Crippen molar-refractivity contribution in [1.82, 2.24) is 10.2 Å². The van der Waals surface area contributed by atoms with Crippen LogP contribution >= 0.6 is 0 Å². The number of benzene rings is 1. The number of nitrogens with zero attached hydrogens (tertiary/aromatic N) is 1. The molecule has 0 spiro atoms. The molecule has 0 unspecified atom stereocenters. The highest BCUT2D eigenvalue weighted by Crippen LogP contribution is 2.11. The molecule has 1 atom stereocenters. The first-order valence-corrected chi connectivity index (χ1v) is 8.67. The average molecular weight is 360 g/mol. The topological polar surface area (TPSA) is 92.8 Å². The highest BCUT2D eigenvalue weighted by Gasteiger charge is 2.30. The number of esters is 1. The van der Waals surface area contributed by atoms with E-state index in [4.69, 9.17) is 4.74 Å². The quantitative estimate of drug-likeness (QED) is 0.775. The molecule has 1 saturated heterocycles. The summed E-state index contributed by atoms with van der Waals surface area (Å²) < 4.78 is 5.05. The van der Waals surface area contributed by atoms with Gasteiger partial charge < -0.3 is 10.1 Å². The minimum absolute atomic E-state index is 0.222. The van der Waals surface area contributed by atoms with Crippen molar-refractivity contribution in [3.05, 3.63) is 35.4 Å². The van der Waals surface area contributed by atoms with Gasteiger partial charge in [-0.3, -0.25) is 19.3 Å². The van der Waals surface area contributed by atoms with E-state index >= 15 is 0 Å². The van der Waals surface area contributed by atoms with Crippen molar-refractivity contribution in [3.8, 4) is 0 Å². The predicted molar refractivity (Wildman–Crippen MR) is 94.2 cm³/mol. The predicted octanol–water partition coefficient (Wildman–Crippen LogP) is 1.44. The summed E-state index contributed by atoms with van der Waals surface area (Å²) in [5.74, 6) is -2.09. The molecule has 26 heavy (non-hydrogen) atoms. The number of carbonyl (C=O) groups is 4. The Morgan fingerprint density at radius 2 is 1.85 bits per heavy atom. The molecule has 7 nitrogen and oxygen atoms in total. The van der Waals surface area contributed by atoms with Gasteiger partial charge in [0.2, 0.25) is 5.91 Å². The molecule has 0 aliphatic carbocycles. The highest BCUT2D eigenvalue weighted by molar-refractivity contribution is 5.99. The van der Waals surface area contributed by atoms with Crippen LogP contribution in [-0.4, -0.2) is 47.8 Å². The van der Waals surface area contributed by atoms with Crippen LogP contribution in [0.4, 0.5) is 0 Å². The van der Waals surface area contributed by atoms with Gasteiger partial charge in [-0.05, 0) is 31.4 Å². The largest absolute Gasteiger partial charge is 0.454 e. The fourth-order valence-corrected chi connectivity index (χ4v) is 2.64. The fourth-order valence-electron chi connectivity index (χ4n) is 2.64. The van der Waals surface area contributed by atoms with Crippen LogP contribution in [0, 0.1) is 12.8 Å². The van der Waals surface area contributed by atoms with Crippen molar-refractivity contribution in [1.29, 1.82) is 0 Å². The Balaban J connectivity index is 1.94. The Morgan fingerprint density at radius 3 is 2.38 bits per heavy atom. The van der Waals surface area contributed by atoms with Crippen LogP contribution in [0.1, 0.15) is 42.6 Å². The van der Waals surface area contributed by atoms with Gasteiger partial charge in [0.1, 0.15) is 6.04 Å². The molecule has 7 heteroatoms. The van der Waals surface area contributed by atoms with Gasteiger partial charge in [-0.25, -0.2) is 4.79 Å². The van der Waals surface area contributed by atoms with E-state index in [2.05, 4.69) is 5.32 Å². The maximum absolute atomic E-state index is 12.3. The summed E-state index contributed by atoms with van der Waals surface area (Å²) in [6.45, 7) is 5.31.